The Morgan fingerprint density at radius 1 is 1.28 bits per heavy atom. The van der Waals surface area contributed by atoms with Crippen molar-refractivity contribution in [1.82, 2.24) is 15.1 Å². The molecule has 138 valence electrons. The number of ether oxygens (including phenoxy) is 1. The SMILES string of the molecule is C[C@@H]1CN(C(=O)NCC2CCN(Cc3ccccc3F)CC2)CCO1. The van der Waals surface area contributed by atoms with Gasteiger partial charge >= 0.3 is 6.03 Å². The van der Waals surface area contributed by atoms with Gasteiger partial charge in [0.05, 0.1) is 12.7 Å². The fraction of sp³-hybridized carbons (Fsp3) is 0.632. The van der Waals surface area contributed by atoms with Gasteiger partial charge in [0.1, 0.15) is 5.82 Å². The van der Waals surface area contributed by atoms with E-state index >= 15 is 0 Å². The van der Waals surface area contributed by atoms with E-state index in [0.29, 0.717) is 32.2 Å². The summed E-state index contributed by atoms with van der Waals surface area (Å²) in [5, 5.41) is 3.07. The summed E-state index contributed by atoms with van der Waals surface area (Å²) in [6, 6.07) is 6.99. The number of amides is 2. The molecule has 3 rings (SSSR count). The molecule has 1 atom stereocenters. The quantitative estimate of drug-likeness (QED) is 0.908. The molecule has 0 saturated carbocycles. The number of carbonyl (C=O) groups is 1. The molecule has 0 unspecified atom stereocenters. The molecule has 1 N–H and O–H groups in total. The smallest absolute Gasteiger partial charge is 0.317 e. The van der Waals surface area contributed by atoms with Crippen LogP contribution in [-0.4, -0.2) is 61.3 Å². The third kappa shape index (κ3) is 5.16. The molecule has 1 aromatic carbocycles. The van der Waals surface area contributed by atoms with Crippen LogP contribution in [0.5, 0.6) is 0 Å². The third-order valence-electron chi connectivity index (χ3n) is 5.13. The van der Waals surface area contributed by atoms with E-state index in [1.165, 1.54) is 6.07 Å². The van der Waals surface area contributed by atoms with Crippen molar-refractivity contribution in [3.63, 3.8) is 0 Å². The Hall–Kier alpha value is -1.66. The van der Waals surface area contributed by atoms with E-state index in [-0.39, 0.29) is 18.0 Å². The first-order valence-electron chi connectivity index (χ1n) is 9.22. The zero-order chi connectivity index (χ0) is 17.6. The largest absolute Gasteiger partial charge is 0.375 e. The summed E-state index contributed by atoms with van der Waals surface area (Å²) in [7, 11) is 0. The van der Waals surface area contributed by atoms with Gasteiger partial charge in [-0.1, -0.05) is 18.2 Å². The molecule has 2 heterocycles. The summed E-state index contributed by atoms with van der Waals surface area (Å²) >= 11 is 0. The number of nitrogens with zero attached hydrogens (tertiary/aromatic N) is 2. The zero-order valence-electron chi connectivity index (χ0n) is 14.9. The van der Waals surface area contributed by atoms with E-state index in [2.05, 4.69) is 10.2 Å². The Labute approximate surface area is 149 Å². The molecular formula is C19H28FN3O2. The Balaban J connectivity index is 1.38. The summed E-state index contributed by atoms with van der Waals surface area (Å²) in [4.78, 5) is 16.4. The highest BCUT2D eigenvalue weighted by Crippen LogP contribution is 2.19. The van der Waals surface area contributed by atoms with Crippen LogP contribution in [0.3, 0.4) is 0 Å². The van der Waals surface area contributed by atoms with Gasteiger partial charge in [-0.05, 0) is 44.8 Å². The molecule has 0 bridgehead atoms. The predicted octanol–water partition coefficient (Wildman–Crippen LogP) is 2.47. The molecule has 1 aromatic rings. The standard InChI is InChI=1S/C19H28FN3O2/c1-15-13-23(10-11-25-15)19(24)21-12-16-6-8-22(9-7-16)14-17-4-2-3-5-18(17)20/h2-5,15-16H,6-14H2,1H3,(H,21,24)/t15-/m1/s1. The van der Waals surface area contributed by atoms with E-state index in [0.717, 1.165) is 38.0 Å². The maximum atomic E-state index is 13.7. The second kappa shape index (κ2) is 8.63. The maximum Gasteiger partial charge on any atom is 0.317 e. The summed E-state index contributed by atoms with van der Waals surface area (Å²) in [5.41, 5.74) is 0.760. The molecule has 0 aromatic heterocycles. The van der Waals surface area contributed by atoms with E-state index in [1.54, 1.807) is 6.07 Å². The minimum atomic E-state index is -0.128. The number of benzene rings is 1. The number of morpholine rings is 1. The number of rotatable bonds is 4. The lowest BCUT2D eigenvalue weighted by atomic mass is 9.96. The van der Waals surface area contributed by atoms with E-state index in [1.807, 2.05) is 24.0 Å². The molecule has 5 nitrogen and oxygen atoms in total. The Bertz CT molecular complexity index is 576. The lowest BCUT2D eigenvalue weighted by Gasteiger charge is -2.34. The molecule has 0 radical (unpaired) electrons. The third-order valence-corrected chi connectivity index (χ3v) is 5.13. The van der Waals surface area contributed by atoms with Crippen molar-refractivity contribution in [2.75, 3.05) is 39.3 Å². The second-order valence-electron chi connectivity index (χ2n) is 7.12. The molecule has 2 amide bonds. The number of piperidine rings is 1. The number of likely N-dealkylation sites (tertiary alicyclic amines) is 1. The summed E-state index contributed by atoms with van der Waals surface area (Å²) in [6.07, 6.45) is 2.18. The molecular weight excluding hydrogens is 321 g/mol. The highest BCUT2D eigenvalue weighted by atomic mass is 19.1. The van der Waals surface area contributed by atoms with Gasteiger partial charge in [0.25, 0.3) is 0 Å². The van der Waals surface area contributed by atoms with Gasteiger partial charge in [0.15, 0.2) is 0 Å². The zero-order valence-corrected chi connectivity index (χ0v) is 14.9. The van der Waals surface area contributed by atoms with Crippen LogP contribution in [-0.2, 0) is 11.3 Å². The molecule has 2 aliphatic rings. The summed E-state index contributed by atoms with van der Waals surface area (Å²) < 4.78 is 19.2. The van der Waals surface area contributed by atoms with Crippen LogP contribution in [0.2, 0.25) is 0 Å². The van der Waals surface area contributed by atoms with Gasteiger partial charge in [0.2, 0.25) is 0 Å². The van der Waals surface area contributed by atoms with Crippen molar-refractivity contribution < 1.29 is 13.9 Å². The van der Waals surface area contributed by atoms with Crippen LogP contribution in [0.15, 0.2) is 24.3 Å². The molecule has 6 heteroatoms. The van der Waals surface area contributed by atoms with Crippen molar-refractivity contribution in [3.8, 4) is 0 Å². The van der Waals surface area contributed by atoms with Crippen LogP contribution in [0.1, 0.15) is 25.3 Å². The minimum Gasteiger partial charge on any atom is -0.375 e. The van der Waals surface area contributed by atoms with Crippen molar-refractivity contribution in [1.29, 1.82) is 0 Å². The predicted molar refractivity (Wildman–Crippen MR) is 94.8 cm³/mol. The first kappa shape index (κ1) is 18.1. The van der Waals surface area contributed by atoms with Crippen molar-refractivity contribution in [2.24, 2.45) is 5.92 Å². The van der Waals surface area contributed by atoms with Crippen molar-refractivity contribution >= 4 is 6.03 Å². The summed E-state index contributed by atoms with van der Waals surface area (Å²) in [5.74, 6) is 0.371. The van der Waals surface area contributed by atoms with Gasteiger partial charge in [-0.3, -0.25) is 4.90 Å². The van der Waals surface area contributed by atoms with Gasteiger partial charge in [-0.25, -0.2) is 9.18 Å². The first-order chi connectivity index (χ1) is 12.1. The summed E-state index contributed by atoms with van der Waals surface area (Å²) in [6.45, 7) is 7.21. The van der Waals surface area contributed by atoms with Crippen LogP contribution in [0.4, 0.5) is 9.18 Å². The topological polar surface area (TPSA) is 44.8 Å². The lowest BCUT2D eigenvalue weighted by molar-refractivity contribution is -0.00367. The minimum absolute atomic E-state index is 0.0175. The van der Waals surface area contributed by atoms with Gasteiger partial charge in [-0.2, -0.15) is 0 Å². The fourth-order valence-electron chi connectivity index (χ4n) is 3.56. The molecule has 25 heavy (non-hydrogen) atoms. The van der Waals surface area contributed by atoms with Gasteiger partial charge < -0.3 is 15.0 Å². The highest BCUT2D eigenvalue weighted by Gasteiger charge is 2.24. The Morgan fingerprint density at radius 3 is 2.76 bits per heavy atom. The molecule has 0 spiro atoms. The monoisotopic (exact) mass is 349 g/mol. The number of carbonyl (C=O) groups excluding carboxylic acids is 1. The van der Waals surface area contributed by atoms with E-state index in [4.69, 9.17) is 4.74 Å². The van der Waals surface area contributed by atoms with Crippen LogP contribution in [0.25, 0.3) is 0 Å². The van der Waals surface area contributed by atoms with Crippen molar-refractivity contribution in [2.45, 2.75) is 32.4 Å². The normalized spacial score (nSPS) is 22.8. The average Bonchev–Trinajstić information content (AvgIpc) is 2.63. The van der Waals surface area contributed by atoms with E-state index in [9.17, 15) is 9.18 Å². The van der Waals surface area contributed by atoms with E-state index < -0.39 is 0 Å². The highest BCUT2D eigenvalue weighted by molar-refractivity contribution is 5.74. The molecule has 2 aliphatic heterocycles. The molecule has 2 saturated heterocycles. The number of urea groups is 1. The number of hydrogen-bond acceptors (Lipinski definition) is 3. The van der Waals surface area contributed by atoms with Crippen LogP contribution < -0.4 is 5.32 Å². The Kier molecular flexibility index (Phi) is 6.26. The van der Waals surface area contributed by atoms with Crippen LogP contribution >= 0.6 is 0 Å². The fourth-order valence-corrected chi connectivity index (χ4v) is 3.56. The lowest BCUT2D eigenvalue weighted by Crippen LogP contribution is -2.50. The Morgan fingerprint density at radius 2 is 2.04 bits per heavy atom. The maximum absolute atomic E-state index is 13.7. The number of nitrogens with one attached hydrogen (secondary N) is 1. The second-order valence-corrected chi connectivity index (χ2v) is 7.12. The number of halogens is 1. The van der Waals surface area contributed by atoms with Gasteiger partial charge in [-0.15, -0.1) is 0 Å². The van der Waals surface area contributed by atoms with Crippen molar-refractivity contribution in [3.05, 3.63) is 35.6 Å². The average molecular weight is 349 g/mol. The first-order valence-corrected chi connectivity index (χ1v) is 9.22. The number of hydrogen-bond donors (Lipinski definition) is 1. The molecule has 0 aliphatic carbocycles. The van der Waals surface area contributed by atoms with Gasteiger partial charge in [0, 0.05) is 31.7 Å². The molecule has 2 fully saturated rings. The van der Waals surface area contributed by atoms with Crippen LogP contribution in [0, 0.1) is 11.7 Å².